The fourth-order valence-corrected chi connectivity index (χ4v) is 2.25. The van der Waals surface area contributed by atoms with Gasteiger partial charge in [0.05, 0.1) is 19.1 Å². The van der Waals surface area contributed by atoms with Gasteiger partial charge < -0.3 is 10.1 Å². The van der Waals surface area contributed by atoms with Gasteiger partial charge in [0.1, 0.15) is 5.78 Å². The Kier molecular flexibility index (Phi) is 4.29. The molecule has 0 amide bonds. The van der Waals surface area contributed by atoms with Gasteiger partial charge in [0, 0.05) is 12.5 Å². The Bertz CT molecular complexity index is 364. The number of benzene rings is 1. The molecule has 0 radical (unpaired) electrons. The Balaban J connectivity index is 1.85. The normalized spacial score (nSPS) is 23.8. The third kappa shape index (κ3) is 3.14. The van der Waals surface area contributed by atoms with E-state index in [2.05, 4.69) is 17.4 Å². The van der Waals surface area contributed by atoms with Gasteiger partial charge in [-0.1, -0.05) is 30.3 Å². The van der Waals surface area contributed by atoms with E-state index >= 15 is 0 Å². The highest BCUT2D eigenvalue weighted by atomic mass is 16.5. The highest BCUT2D eigenvalue weighted by molar-refractivity contribution is 5.82. The molecule has 0 saturated carbocycles. The largest absolute Gasteiger partial charge is 0.379 e. The molecule has 0 spiro atoms. The van der Waals surface area contributed by atoms with Gasteiger partial charge in [0.15, 0.2) is 0 Å². The van der Waals surface area contributed by atoms with E-state index < -0.39 is 0 Å². The molecular formula is C14H19NO2. The van der Waals surface area contributed by atoms with Crippen molar-refractivity contribution in [1.29, 1.82) is 0 Å². The molecule has 2 unspecified atom stereocenters. The van der Waals surface area contributed by atoms with E-state index in [-0.39, 0.29) is 12.0 Å². The Hall–Kier alpha value is -1.19. The molecule has 1 N–H and O–H groups in total. The first-order chi connectivity index (χ1) is 8.31. The van der Waals surface area contributed by atoms with E-state index in [9.17, 15) is 4.79 Å². The van der Waals surface area contributed by atoms with Crippen molar-refractivity contribution in [2.45, 2.75) is 18.9 Å². The van der Waals surface area contributed by atoms with Gasteiger partial charge >= 0.3 is 0 Å². The van der Waals surface area contributed by atoms with Crippen LogP contribution in [0.15, 0.2) is 30.3 Å². The minimum Gasteiger partial charge on any atom is -0.379 e. The number of carbonyl (C=O) groups is 1. The average molecular weight is 233 g/mol. The minimum atomic E-state index is 0.0312. The molecule has 1 aliphatic heterocycles. The van der Waals surface area contributed by atoms with Gasteiger partial charge in [-0.25, -0.2) is 0 Å². The van der Waals surface area contributed by atoms with E-state index in [4.69, 9.17) is 4.74 Å². The standard InChI is InChI=1S/C14H19NO2/c1-15-13-10-17-9-12(13)14(16)8-7-11-5-3-2-4-6-11/h2-6,12-13,15H,7-10H2,1H3. The quantitative estimate of drug-likeness (QED) is 0.836. The number of hydrogen-bond acceptors (Lipinski definition) is 3. The monoisotopic (exact) mass is 233 g/mol. The van der Waals surface area contributed by atoms with Crippen LogP contribution in [0.4, 0.5) is 0 Å². The van der Waals surface area contributed by atoms with Gasteiger partial charge in [-0.3, -0.25) is 4.79 Å². The van der Waals surface area contributed by atoms with Crippen molar-refractivity contribution in [3.63, 3.8) is 0 Å². The minimum absolute atomic E-state index is 0.0312. The Morgan fingerprint density at radius 1 is 1.35 bits per heavy atom. The zero-order chi connectivity index (χ0) is 12.1. The Labute approximate surface area is 102 Å². The van der Waals surface area contributed by atoms with E-state index in [1.54, 1.807) is 0 Å². The zero-order valence-corrected chi connectivity index (χ0v) is 10.2. The predicted octanol–water partition coefficient (Wildman–Crippen LogP) is 1.42. The van der Waals surface area contributed by atoms with Crippen molar-refractivity contribution >= 4 is 5.78 Å². The summed E-state index contributed by atoms with van der Waals surface area (Å²) in [5, 5.41) is 3.15. The van der Waals surface area contributed by atoms with Crippen molar-refractivity contribution in [2.75, 3.05) is 20.3 Å². The van der Waals surface area contributed by atoms with Crippen molar-refractivity contribution in [3.8, 4) is 0 Å². The number of Topliss-reactive ketones (excluding diaryl/α,β-unsaturated/α-hetero) is 1. The highest BCUT2D eigenvalue weighted by Crippen LogP contribution is 2.17. The molecule has 3 heteroatoms. The second-order valence-electron chi connectivity index (χ2n) is 4.49. The highest BCUT2D eigenvalue weighted by Gasteiger charge is 2.32. The van der Waals surface area contributed by atoms with Crippen molar-refractivity contribution < 1.29 is 9.53 Å². The summed E-state index contributed by atoms with van der Waals surface area (Å²) in [6.07, 6.45) is 1.43. The summed E-state index contributed by atoms with van der Waals surface area (Å²) < 4.78 is 5.35. The van der Waals surface area contributed by atoms with Crippen LogP contribution in [0.25, 0.3) is 0 Å². The molecule has 1 aromatic carbocycles. The van der Waals surface area contributed by atoms with Gasteiger partial charge in [-0.2, -0.15) is 0 Å². The van der Waals surface area contributed by atoms with Crippen LogP contribution < -0.4 is 5.32 Å². The van der Waals surface area contributed by atoms with Crippen LogP contribution in [0.1, 0.15) is 12.0 Å². The number of aryl methyl sites for hydroxylation is 1. The summed E-state index contributed by atoms with van der Waals surface area (Å²) >= 11 is 0. The van der Waals surface area contributed by atoms with Gasteiger partial charge in [0.2, 0.25) is 0 Å². The Morgan fingerprint density at radius 3 is 2.82 bits per heavy atom. The topological polar surface area (TPSA) is 38.3 Å². The summed E-state index contributed by atoms with van der Waals surface area (Å²) in [6, 6.07) is 10.3. The molecule has 2 rings (SSSR count). The van der Waals surface area contributed by atoms with Crippen LogP contribution in [0.3, 0.4) is 0 Å². The third-order valence-corrected chi connectivity index (χ3v) is 3.37. The first kappa shape index (κ1) is 12.3. The molecule has 92 valence electrons. The molecule has 1 fully saturated rings. The fraction of sp³-hybridized carbons (Fsp3) is 0.500. The van der Waals surface area contributed by atoms with Crippen molar-refractivity contribution in [3.05, 3.63) is 35.9 Å². The van der Waals surface area contributed by atoms with Crippen LogP contribution in [0.2, 0.25) is 0 Å². The number of carbonyl (C=O) groups excluding carboxylic acids is 1. The average Bonchev–Trinajstić information content (AvgIpc) is 2.85. The summed E-state index contributed by atoms with van der Waals surface area (Å²) in [6.45, 7) is 1.22. The first-order valence-corrected chi connectivity index (χ1v) is 6.13. The van der Waals surface area contributed by atoms with Gasteiger partial charge in [0.25, 0.3) is 0 Å². The molecule has 1 aromatic rings. The van der Waals surface area contributed by atoms with Crippen molar-refractivity contribution in [2.24, 2.45) is 5.92 Å². The molecule has 17 heavy (non-hydrogen) atoms. The number of rotatable bonds is 5. The van der Waals surface area contributed by atoms with Crippen LogP contribution in [-0.2, 0) is 16.0 Å². The third-order valence-electron chi connectivity index (χ3n) is 3.37. The summed E-state index contributed by atoms with van der Waals surface area (Å²) in [7, 11) is 1.89. The second-order valence-corrected chi connectivity index (χ2v) is 4.49. The lowest BCUT2D eigenvalue weighted by atomic mass is 9.94. The SMILES string of the molecule is CNC1COCC1C(=O)CCc1ccccc1. The molecule has 0 aliphatic carbocycles. The van der Waals surface area contributed by atoms with E-state index in [1.807, 2.05) is 25.2 Å². The number of hydrogen-bond donors (Lipinski definition) is 1. The summed E-state index contributed by atoms with van der Waals surface area (Å²) in [5.74, 6) is 0.342. The number of ketones is 1. The van der Waals surface area contributed by atoms with Gasteiger partial charge in [-0.15, -0.1) is 0 Å². The number of ether oxygens (including phenoxy) is 1. The summed E-state index contributed by atoms with van der Waals surface area (Å²) in [5.41, 5.74) is 1.22. The maximum absolute atomic E-state index is 12.1. The zero-order valence-electron chi connectivity index (χ0n) is 10.2. The molecule has 0 bridgehead atoms. The smallest absolute Gasteiger partial charge is 0.140 e. The van der Waals surface area contributed by atoms with Crippen LogP contribution >= 0.6 is 0 Å². The fourth-order valence-electron chi connectivity index (χ4n) is 2.25. The van der Waals surface area contributed by atoms with E-state index in [0.717, 1.165) is 6.42 Å². The molecule has 2 atom stereocenters. The number of nitrogens with one attached hydrogen (secondary N) is 1. The molecule has 3 nitrogen and oxygen atoms in total. The molecular weight excluding hydrogens is 214 g/mol. The molecule has 0 aromatic heterocycles. The molecule has 1 saturated heterocycles. The summed E-state index contributed by atoms with van der Waals surface area (Å²) in [4.78, 5) is 12.1. The van der Waals surface area contributed by atoms with Crippen molar-refractivity contribution in [1.82, 2.24) is 5.32 Å². The Morgan fingerprint density at radius 2 is 2.12 bits per heavy atom. The molecule has 1 heterocycles. The lowest BCUT2D eigenvalue weighted by molar-refractivity contribution is -0.123. The number of likely N-dealkylation sites (N-methyl/N-ethyl adjacent to an activating group) is 1. The van der Waals surface area contributed by atoms with Gasteiger partial charge in [-0.05, 0) is 19.0 Å². The lowest BCUT2D eigenvalue weighted by Crippen LogP contribution is -2.37. The maximum atomic E-state index is 12.1. The maximum Gasteiger partial charge on any atom is 0.140 e. The molecule has 1 aliphatic rings. The second kappa shape index (κ2) is 5.94. The first-order valence-electron chi connectivity index (χ1n) is 6.13. The van der Waals surface area contributed by atoms with Crippen LogP contribution in [0.5, 0.6) is 0 Å². The van der Waals surface area contributed by atoms with E-state index in [1.165, 1.54) is 5.56 Å². The lowest BCUT2D eigenvalue weighted by Gasteiger charge is -2.15. The van der Waals surface area contributed by atoms with E-state index in [0.29, 0.717) is 25.4 Å². The predicted molar refractivity (Wildman–Crippen MR) is 66.9 cm³/mol. The van der Waals surface area contributed by atoms with Crippen LogP contribution in [-0.4, -0.2) is 32.1 Å². The van der Waals surface area contributed by atoms with Crippen LogP contribution in [0, 0.1) is 5.92 Å².